The maximum Gasteiger partial charge on any atom is 0.0650 e. The van der Waals surface area contributed by atoms with Crippen LogP contribution in [0.3, 0.4) is 0 Å². The summed E-state index contributed by atoms with van der Waals surface area (Å²) in [6, 6.07) is 19.0. The summed E-state index contributed by atoms with van der Waals surface area (Å²) in [6.07, 6.45) is 0. The van der Waals surface area contributed by atoms with Gasteiger partial charge in [0.25, 0.3) is 0 Å². The van der Waals surface area contributed by atoms with Crippen molar-refractivity contribution < 1.29 is 0 Å². The molecule has 0 saturated carbocycles. The Morgan fingerprint density at radius 3 is 2.14 bits per heavy atom. The van der Waals surface area contributed by atoms with Gasteiger partial charge in [0.05, 0.1) is 4.83 Å². The summed E-state index contributed by atoms with van der Waals surface area (Å²) in [5, 5.41) is 3.10. The van der Waals surface area contributed by atoms with Crippen LogP contribution in [0.4, 0.5) is 0 Å². The van der Waals surface area contributed by atoms with Crippen molar-refractivity contribution in [3.63, 3.8) is 0 Å². The summed E-state index contributed by atoms with van der Waals surface area (Å²) in [6.45, 7) is 4.27. The molecule has 0 aliphatic heterocycles. The van der Waals surface area contributed by atoms with Gasteiger partial charge in [-0.3, -0.25) is 0 Å². The van der Waals surface area contributed by atoms with Gasteiger partial charge in [0.2, 0.25) is 0 Å². The largest absolute Gasteiger partial charge is 0.0837 e. The van der Waals surface area contributed by atoms with Crippen molar-refractivity contribution in [2.75, 3.05) is 0 Å². The Kier molecular flexibility index (Phi) is 4.05. The van der Waals surface area contributed by atoms with E-state index in [1.807, 2.05) is 12.1 Å². The van der Waals surface area contributed by atoms with E-state index in [1.165, 1.54) is 27.6 Å². The number of benzene rings is 3. The standard InChI is InChI=1S/C19H16BrCl/c1-12-9-13(2)11-14(10-12)19(20)17-7-8-18(21)16-6-4-3-5-15(16)17/h3-11,19H,1-2H3. The Bertz CT molecular complexity index is 788. The van der Waals surface area contributed by atoms with E-state index in [1.54, 1.807) is 0 Å². The van der Waals surface area contributed by atoms with E-state index >= 15 is 0 Å². The monoisotopic (exact) mass is 358 g/mol. The van der Waals surface area contributed by atoms with Gasteiger partial charge in [0, 0.05) is 10.4 Å². The molecule has 0 bridgehead atoms. The molecule has 1 atom stereocenters. The van der Waals surface area contributed by atoms with Crippen molar-refractivity contribution >= 4 is 38.3 Å². The number of aryl methyl sites for hydroxylation is 2. The molecule has 0 fully saturated rings. The lowest BCUT2D eigenvalue weighted by Gasteiger charge is -2.16. The minimum Gasteiger partial charge on any atom is -0.0837 e. The molecule has 3 aromatic carbocycles. The van der Waals surface area contributed by atoms with Crippen LogP contribution >= 0.6 is 27.5 Å². The lowest BCUT2D eigenvalue weighted by atomic mass is 9.96. The third-order valence-corrected chi connectivity index (χ3v) is 5.07. The van der Waals surface area contributed by atoms with E-state index in [0.717, 1.165) is 10.4 Å². The van der Waals surface area contributed by atoms with Crippen molar-refractivity contribution in [2.45, 2.75) is 18.7 Å². The first kappa shape index (κ1) is 14.6. The summed E-state index contributed by atoms with van der Waals surface area (Å²) in [5.41, 5.74) is 5.10. The molecule has 0 saturated heterocycles. The van der Waals surface area contributed by atoms with Gasteiger partial charge in [-0.05, 0) is 36.4 Å². The van der Waals surface area contributed by atoms with E-state index in [0.29, 0.717) is 0 Å². The van der Waals surface area contributed by atoms with Crippen molar-refractivity contribution in [3.8, 4) is 0 Å². The second-order valence-electron chi connectivity index (χ2n) is 5.47. The summed E-state index contributed by atoms with van der Waals surface area (Å²) in [7, 11) is 0. The Hall–Kier alpha value is -1.31. The molecule has 0 amide bonds. The lowest BCUT2D eigenvalue weighted by molar-refractivity contribution is 1.17. The fourth-order valence-corrected chi connectivity index (χ4v) is 3.73. The molecule has 21 heavy (non-hydrogen) atoms. The summed E-state index contributed by atoms with van der Waals surface area (Å²) in [4.78, 5) is 0.165. The Balaban J connectivity index is 2.18. The minimum absolute atomic E-state index is 0.165. The highest BCUT2D eigenvalue weighted by Crippen LogP contribution is 2.38. The molecule has 0 spiro atoms. The number of rotatable bonds is 2. The number of hydrogen-bond acceptors (Lipinski definition) is 0. The molecule has 3 rings (SSSR count). The maximum atomic E-state index is 6.31. The molecule has 0 nitrogen and oxygen atoms in total. The second-order valence-corrected chi connectivity index (χ2v) is 6.79. The van der Waals surface area contributed by atoms with Crippen LogP contribution in [-0.2, 0) is 0 Å². The van der Waals surface area contributed by atoms with Crippen molar-refractivity contribution in [1.29, 1.82) is 0 Å². The zero-order chi connectivity index (χ0) is 15.0. The van der Waals surface area contributed by atoms with Gasteiger partial charge in [-0.25, -0.2) is 0 Å². The maximum absolute atomic E-state index is 6.31. The quantitative estimate of drug-likeness (QED) is 0.452. The van der Waals surface area contributed by atoms with Gasteiger partial charge in [-0.2, -0.15) is 0 Å². The SMILES string of the molecule is Cc1cc(C)cc(C(Br)c2ccc(Cl)c3ccccc23)c1. The molecule has 2 heteroatoms. The van der Waals surface area contributed by atoms with Gasteiger partial charge in [0.15, 0.2) is 0 Å². The predicted octanol–water partition coefficient (Wildman–Crippen LogP) is 6.59. The summed E-state index contributed by atoms with van der Waals surface area (Å²) in [5.74, 6) is 0. The van der Waals surface area contributed by atoms with Crippen LogP contribution in [0.1, 0.15) is 27.1 Å². The van der Waals surface area contributed by atoms with E-state index in [2.05, 4.69) is 72.2 Å². The number of fused-ring (bicyclic) bond motifs is 1. The van der Waals surface area contributed by atoms with Crippen molar-refractivity contribution in [2.24, 2.45) is 0 Å². The fourth-order valence-electron chi connectivity index (χ4n) is 2.84. The van der Waals surface area contributed by atoms with Gasteiger partial charge in [-0.1, -0.05) is 87.2 Å². The summed E-state index contributed by atoms with van der Waals surface area (Å²) < 4.78 is 0. The molecule has 3 aromatic rings. The van der Waals surface area contributed by atoms with Gasteiger partial charge < -0.3 is 0 Å². The molecular formula is C19H16BrCl. The number of hydrogen-bond donors (Lipinski definition) is 0. The number of halogens is 2. The van der Waals surface area contributed by atoms with Crippen LogP contribution in [0.25, 0.3) is 10.8 Å². The van der Waals surface area contributed by atoms with Gasteiger partial charge >= 0.3 is 0 Å². The third kappa shape index (κ3) is 2.86. The zero-order valence-corrected chi connectivity index (χ0v) is 14.4. The highest BCUT2D eigenvalue weighted by atomic mass is 79.9. The Morgan fingerprint density at radius 1 is 0.857 bits per heavy atom. The van der Waals surface area contributed by atoms with Crippen molar-refractivity contribution in [1.82, 2.24) is 0 Å². The molecule has 0 radical (unpaired) electrons. The minimum atomic E-state index is 0.165. The zero-order valence-electron chi connectivity index (χ0n) is 12.0. The average molecular weight is 360 g/mol. The van der Waals surface area contributed by atoms with Crippen LogP contribution in [0, 0.1) is 13.8 Å². The van der Waals surface area contributed by atoms with E-state index in [4.69, 9.17) is 11.6 Å². The molecule has 0 N–H and O–H groups in total. The molecule has 0 aromatic heterocycles. The van der Waals surface area contributed by atoms with Crippen LogP contribution in [-0.4, -0.2) is 0 Å². The first-order chi connectivity index (χ1) is 10.1. The number of alkyl halides is 1. The molecule has 0 aliphatic rings. The average Bonchev–Trinajstić information content (AvgIpc) is 2.46. The smallest absolute Gasteiger partial charge is 0.0650 e. The molecule has 1 unspecified atom stereocenters. The topological polar surface area (TPSA) is 0 Å². The normalized spacial score (nSPS) is 12.6. The van der Waals surface area contributed by atoms with Crippen LogP contribution in [0.5, 0.6) is 0 Å². The second kappa shape index (κ2) is 5.82. The first-order valence-corrected chi connectivity index (χ1v) is 8.25. The molecule has 106 valence electrons. The van der Waals surface area contributed by atoms with E-state index < -0.39 is 0 Å². The molecule has 0 aliphatic carbocycles. The first-order valence-electron chi connectivity index (χ1n) is 6.95. The van der Waals surface area contributed by atoms with Gasteiger partial charge in [0.1, 0.15) is 0 Å². The van der Waals surface area contributed by atoms with E-state index in [9.17, 15) is 0 Å². The third-order valence-electron chi connectivity index (χ3n) is 3.71. The lowest BCUT2D eigenvalue weighted by Crippen LogP contribution is -1.96. The van der Waals surface area contributed by atoms with Crippen molar-refractivity contribution in [3.05, 3.63) is 81.9 Å². The van der Waals surface area contributed by atoms with Crippen LogP contribution < -0.4 is 0 Å². The van der Waals surface area contributed by atoms with Crippen LogP contribution in [0.15, 0.2) is 54.6 Å². The Morgan fingerprint density at radius 2 is 1.48 bits per heavy atom. The van der Waals surface area contributed by atoms with E-state index in [-0.39, 0.29) is 4.83 Å². The summed E-state index contributed by atoms with van der Waals surface area (Å²) >= 11 is 10.2. The fraction of sp³-hybridized carbons (Fsp3) is 0.158. The highest BCUT2D eigenvalue weighted by molar-refractivity contribution is 9.09. The highest BCUT2D eigenvalue weighted by Gasteiger charge is 2.15. The Labute approximate surface area is 138 Å². The molecular weight excluding hydrogens is 344 g/mol. The predicted molar refractivity (Wildman–Crippen MR) is 95.6 cm³/mol. The van der Waals surface area contributed by atoms with Gasteiger partial charge in [-0.15, -0.1) is 0 Å². The van der Waals surface area contributed by atoms with Crippen LogP contribution in [0.2, 0.25) is 5.02 Å². The molecule has 0 heterocycles.